The van der Waals surface area contributed by atoms with Crippen molar-refractivity contribution in [2.24, 2.45) is 0 Å². The maximum atomic E-state index is 5.91. The van der Waals surface area contributed by atoms with Crippen LogP contribution in [0.5, 0.6) is 17.2 Å². The number of nitrogens with one attached hydrogen (secondary N) is 1. The molecule has 0 aliphatic rings. The van der Waals surface area contributed by atoms with Crippen LogP contribution in [0.4, 0.5) is 10.8 Å². The Kier molecular flexibility index (Phi) is 9.22. The predicted molar refractivity (Wildman–Crippen MR) is 150 cm³/mol. The van der Waals surface area contributed by atoms with Gasteiger partial charge in [-0.25, -0.2) is 4.98 Å². The zero-order valence-electron chi connectivity index (χ0n) is 21.3. The monoisotopic (exact) mass is 502 g/mol. The molecule has 0 amide bonds. The van der Waals surface area contributed by atoms with Gasteiger partial charge in [0.15, 0.2) is 5.13 Å². The molecule has 0 fully saturated rings. The first-order valence-electron chi connectivity index (χ1n) is 12.5. The summed E-state index contributed by atoms with van der Waals surface area (Å²) in [5, 5.41) is 4.30. The molecule has 0 saturated carbocycles. The number of thiazole rings is 1. The second-order valence-electron chi connectivity index (χ2n) is 8.57. The number of benzene rings is 3. The van der Waals surface area contributed by atoms with Crippen LogP contribution in [0, 0.1) is 0 Å². The first-order valence-corrected chi connectivity index (χ1v) is 13.3. The van der Waals surface area contributed by atoms with Gasteiger partial charge in [-0.15, -0.1) is 0 Å². The number of unbranched alkanes of at least 4 members (excludes halogenated alkanes) is 4. The average Bonchev–Trinajstić information content (AvgIpc) is 3.35. The van der Waals surface area contributed by atoms with E-state index in [0.717, 1.165) is 62.8 Å². The van der Waals surface area contributed by atoms with Gasteiger partial charge >= 0.3 is 0 Å². The van der Waals surface area contributed by atoms with Gasteiger partial charge in [0.2, 0.25) is 0 Å². The van der Waals surface area contributed by atoms with Crippen molar-refractivity contribution in [3.05, 3.63) is 72.8 Å². The molecule has 0 radical (unpaired) electrons. The van der Waals surface area contributed by atoms with Gasteiger partial charge in [0.1, 0.15) is 17.2 Å². The van der Waals surface area contributed by atoms with Crippen LogP contribution >= 0.6 is 11.3 Å². The van der Waals surface area contributed by atoms with E-state index in [0.29, 0.717) is 0 Å². The minimum Gasteiger partial charge on any atom is -0.497 e. The molecular weight excluding hydrogens is 468 g/mol. The number of anilines is 2. The maximum Gasteiger partial charge on any atom is 0.188 e. The molecule has 5 nitrogen and oxygen atoms in total. The highest BCUT2D eigenvalue weighted by Crippen LogP contribution is 2.40. The topological polar surface area (TPSA) is 52.6 Å². The highest BCUT2D eigenvalue weighted by atomic mass is 32.1. The average molecular weight is 503 g/mol. The molecule has 0 spiro atoms. The quantitative estimate of drug-likeness (QED) is 0.186. The Hall–Kier alpha value is -3.51. The Balaban J connectivity index is 1.50. The fraction of sp³-hybridized carbons (Fsp3) is 0.300. The van der Waals surface area contributed by atoms with Crippen molar-refractivity contribution in [1.82, 2.24) is 4.98 Å². The van der Waals surface area contributed by atoms with E-state index in [1.54, 1.807) is 25.6 Å². The van der Waals surface area contributed by atoms with Gasteiger partial charge in [-0.2, -0.15) is 0 Å². The molecule has 0 atom stereocenters. The number of nitrogens with zero attached hydrogens (tertiary/aromatic N) is 1. The van der Waals surface area contributed by atoms with E-state index in [9.17, 15) is 0 Å². The molecule has 1 N–H and O–H groups in total. The summed E-state index contributed by atoms with van der Waals surface area (Å²) in [6.45, 7) is 3.00. The lowest BCUT2D eigenvalue weighted by atomic mass is 10.1. The van der Waals surface area contributed by atoms with E-state index < -0.39 is 0 Å². The van der Waals surface area contributed by atoms with Crippen LogP contribution in [0.1, 0.15) is 39.0 Å². The Labute approximate surface area is 218 Å². The van der Waals surface area contributed by atoms with Crippen molar-refractivity contribution in [2.75, 3.05) is 26.1 Å². The lowest BCUT2D eigenvalue weighted by Crippen LogP contribution is -1.97. The third-order valence-electron chi connectivity index (χ3n) is 5.97. The van der Waals surface area contributed by atoms with Crippen molar-refractivity contribution in [1.29, 1.82) is 0 Å². The van der Waals surface area contributed by atoms with Crippen LogP contribution in [-0.2, 0) is 0 Å². The highest BCUT2D eigenvalue weighted by Gasteiger charge is 2.16. The molecule has 1 aromatic heterocycles. The van der Waals surface area contributed by atoms with Crippen molar-refractivity contribution >= 4 is 22.2 Å². The van der Waals surface area contributed by atoms with Crippen LogP contribution in [0.3, 0.4) is 0 Å². The molecule has 36 heavy (non-hydrogen) atoms. The van der Waals surface area contributed by atoms with Gasteiger partial charge < -0.3 is 19.5 Å². The molecule has 4 rings (SSSR count). The van der Waals surface area contributed by atoms with E-state index in [4.69, 9.17) is 19.2 Å². The Morgan fingerprint density at radius 3 is 1.89 bits per heavy atom. The zero-order valence-corrected chi connectivity index (χ0v) is 22.1. The summed E-state index contributed by atoms with van der Waals surface area (Å²) in [5.41, 5.74) is 4.03. The lowest BCUT2D eigenvalue weighted by Gasteiger charge is -2.07. The highest BCUT2D eigenvalue weighted by molar-refractivity contribution is 7.19. The molecule has 0 aliphatic carbocycles. The number of methoxy groups -OCH3 is 2. The predicted octanol–water partition coefficient (Wildman–Crippen LogP) is 8.59. The lowest BCUT2D eigenvalue weighted by molar-refractivity contribution is 0.304. The number of aromatic nitrogens is 1. The SMILES string of the molecule is CCCCCCCOc1ccc(Nc2nc(-c3ccc(OC)cc3)c(-c3ccc(OC)cc3)s2)cc1. The Bertz CT molecular complexity index is 1140. The summed E-state index contributed by atoms with van der Waals surface area (Å²) >= 11 is 1.63. The molecular formula is C30H34N2O3S. The van der Waals surface area contributed by atoms with Gasteiger partial charge in [0.25, 0.3) is 0 Å². The smallest absolute Gasteiger partial charge is 0.188 e. The molecule has 0 unspecified atom stereocenters. The minimum atomic E-state index is 0.763. The fourth-order valence-electron chi connectivity index (χ4n) is 3.91. The normalized spacial score (nSPS) is 10.8. The van der Waals surface area contributed by atoms with Crippen molar-refractivity contribution < 1.29 is 14.2 Å². The van der Waals surface area contributed by atoms with Crippen molar-refractivity contribution in [3.8, 4) is 38.9 Å². The summed E-state index contributed by atoms with van der Waals surface area (Å²) in [6.07, 6.45) is 6.18. The third kappa shape index (κ3) is 6.79. The third-order valence-corrected chi connectivity index (χ3v) is 6.98. The fourth-order valence-corrected chi connectivity index (χ4v) is 4.92. The van der Waals surface area contributed by atoms with Gasteiger partial charge in [0.05, 0.1) is 31.4 Å². The van der Waals surface area contributed by atoms with E-state index in [1.165, 1.54) is 25.7 Å². The second-order valence-corrected chi connectivity index (χ2v) is 9.56. The molecule has 6 heteroatoms. The van der Waals surface area contributed by atoms with E-state index >= 15 is 0 Å². The van der Waals surface area contributed by atoms with E-state index in [2.05, 4.69) is 24.4 Å². The standard InChI is InChI=1S/C30H34N2O3S/c1-4-5-6-7-8-21-35-27-19-13-24(14-20-27)31-30-32-28(22-9-15-25(33-2)16-10-22)29(36-30)23-11-17-26(34-3)18-12-23/h9-20H,4-8,21H2,1-3H3,(H,31,32). The van der Waals surface area contributed by atoms with E-state index in [-0.39, 0.29) is 0 Å². The maximum absolute atomic E-state index is 5.91. The number of hydrogen-bond acceptors (Lipinski definition) is 6. The summed E-state index contributed by atoms with van der Waals surface area (Å²) in [6, 6.07) is 24.2. The summed E-state index contributed by atoms with van der Waals surface area (Å²) in [7, 11) is 3.35. The van der Waals surface area contributed by atoms with Crippen LogP contribution in [0.15, 0.2) is 72.8 Å². The largest absolute Gasteiger partial charge is 0.497 e. The summed E-state index contributed by atoms with van der Waals surface area (Å²) in [4.78, 5) is 6.05. The molecule has 0 saturated heterocycles. The number of rotatable bonds is 13. The molecule has 188 valence electrons. The first kappa shape index (κ1) is 25.6. The van der Waals surface area contributed by atoms with Crippen LogP contribution in [-0.4, -0.2) is 25.8 Å². The summed E-state index contributed by atoms with van der Waals surface area (Å²) < 4.78 is 16.6. The van der Waals surface area contributed by atoms with Gasteiger partial charge in [0, 0.05) is 11.3 Å². The van der Waals surface area contributed by atoms with Gasteiger partial charge in [-0.1, -0.05) is 43.9 Å². The van der Waals surface area contributed by atoms with Crippen molar-refractivity contribution in [2.45, 2.75) is 39.0 Å². The van der Waals surface area contributed by atoms with Gasteiger partial charge in [-0.3, -0.25) is 0 Å². The molecule has 4 aromatic rings. The zero-order chi connectivity index (χ0) is 25.2. The molecule has 3 aromatic carbocycles. The molecule has 0 bridgehead atoms. The van der Waals surface area contributed by atoms with Crippen LogP contribution < -0.4 is 19.5 Å². The summed E-state index contributed by atoms with van der Waals surface area (Å²) in [5.74, 6) is 2.55. The Morgan fingerprint density at radius 2 is 1.28 bits per heavy atom. The molecule has 0 aliphatic heterocycles. The van der Waals surface area contributed by atoms with Crippen LogP contribution in [0.2, 0.25) is 0 Å². The second kappa shape index (κ2) is 13.0. The number of hydrogen-bond donors (Lipinski definition) is 1. The minimum absolute atomic E-state index is 0.763. The molecule has 1 heterocycles. The van der Waals surface area contributed by atoms with E-state index in [1.807, 2.05) is 60.7 Å². The van der Waals surface area contributed by atoms with Crippen molar-refractivity contribution in [3.63, 3.8) is 0 Å². The Morgan fingerprint density at radius 1 is 0.694 bits per heavy atom. The number of ether oxygens (including phenoxy) is 3. The van der Waals surface area contributed by atoms with Crippen LogP contribution in [0.25, 0.3) is 21.7 Å². The first-order chi connectivity index (χ1) is 17.7. The van der Waals surface area contributed by atoms with Gasteiger partial charge in [-0.05, 0) is 84.8 Å².